The maximum absolute atomic E-state index is 13.0. The summed E-state index contributed by atoms with van der Waals surface area (Å²) in [5, 5.41) is 0. The number of benzene rings is 2. The summed E-state index contributed by atoms with van der Waals surface area (Å²) in [6.45, 7) is 1.67. The van der Waals surface area contributed by atoms with Gasteiger partial charge >= 0.3 is 0 Å². The van der Waals surface area contributed by atoms with Crippen LogP contribution in [0, 0.1) is 11.7 Å². The Bertz CT molecular complexity index is 900. The monoisotopic (exact) mass is 384 g/mol. The number of anilines is 1. The second kappa shape index (κ2) is 7.50. The molecule has 0 aromatic heterocycles. The number of halogens is 1. The van der Waals surface area contributed by atoms with Crippen molar-refractivity contribution in [3.8, 4) is 11.5 Å². The molecule has 1 fully saturated rings. The van der Waals surface area contributed by atoms with Gasteiger partial charge in [0.2, 0.25) is 11.8 Å². The highest BCUT2D eigenvalue weighted by Gasteiger charge is 2.36. The highest BCUT2D eigenvalue weighted by molar-refractivity contribution is 6.00. The number of carbonyl (C=O) groups is 2. The van der Waals surface area contributed by atoms with Crippen molar-refractivity contribution in [3.63, 3.8) is 0 Å². The van der Waals surface area contributed by atoms with Crippen molar-refractivity contribution in [2.45, 2.75) is 13.0 Å². The van der Waals surface area contributed by atoms with Crippen molar-refractivity contribution >= 4 is 17.5 Å². The summed E-state index contributed by atoms with van der Waals surface area (Å²) in [5.41, 5.74) is 1.54. The lowest BCUT2D eigenvalue weighted by molar-refractivity contribution is -0.135. The van der Waals surface area contributed by atoms with Crippen LogP contribution in [0.15, 0.2) is 42.5 Å². The number of rotatable bonds is 4. The predicted molar refractivity (Wildman–Crippen MR) is 101 cm³/mol. The minimum absolute atomic E-state index is 0.0924. The highest BCUT2D eigenvalue weighted by Crippen LogP contribution is 2.36. The molecular weight excluding hydrogens is 363 g/mol. The molecule has 0 saturated carbocycles. The Hall–Kier alpha value is -3.09. The van der Waals surface area contributed by atoms with Crippen LogP contribution in [0.1, 0.15) is 12.0 Å². The quantitative estimate of drug-likeness (QED) is 0.813. The van der Waals surface area contributed by atoms with Gasteiger partial charge in [-0.1, -0.05) is 12.1 Å². The van der Waals surface area contributed by atoms with Gasteiger partial charge in [-0.15, -0.1) is 0 Å². The van der Waals surface area contributed by atoms with Crippen LogP contribution in [0.4, 0.5) is 10.1 Å². The van der Waals surface area contributed by atoms with Gasteiger partial charge < -0.3 is 19.3 Å². The maximum atomic E-state index is 13.0. The fourth-order valence-electron chi connectivity index (χ4n) is 3.58. The van der Waals surface area contributed by atoms with Crippen LogP contribution in [0.2, 0.25) is 0 Å². The first-order valence-electron chi connectivity index (χ1n) is 9.20. The van der Waals surface area contributed by atoms with Gasteiger partial charge in [0.25, 0.3) is 0 Å². The molecule has 0 spiro atoms. The Kier molecular flexibility index (Phi) is 4.90. The van der Waals surface area contributed by atoms with Gasteiger partial charge in [0.1, 0.15) is 19.0 Å². The zero-order valence-electron chi connectivity index (χ0n) is 15.6. The van der Waals surface area contributed by atoms with E-state index in [1.165, 1.54) is 12.1 Å². The third-order valence-corrected chi connectivity index (χ3v) is 5.02. The fourth-order valence-corrected chi connectivity index (χ4v) is 3.58. The summed E-state index contributed by atoms with van der Waals surface area (Å²) < 4.78 is 24.1. The first-order chi connectivity index (χ1) is 13.5. The van der Waals surface area contributed by atoms with Crippen LogP contribution >= 0.6 is 0 Å². The lowest BCUT2D eigenvalue weighted by Gasteiger charge is -2.23. The molecule has 1 atom stereocenters. The van der Waals surface area contributed by atoms with Gasteiger partial charge in [-0.05, 0) is 29.8 Å². The second-order valence-corrected chi connectivity index (χ2v) is 7.05. The molecule has 0 N–H and O–H groups in total. The van der Waals surface area contributed by atoms with Crippen molar-refractivity contribution in [1.82, 2.24) is 4.90 Å². The molecule has 146 valence electrons. The lowest BCUT2D eigenvalue weighted by Crippen LogP contribution is -2.34. The van der Waals surface area contributed by atoms with Gasteiger partial charge in [0.15, 0.2) is 11.5 Å². The number of carbonyl (C=O) groups excluding carboxylic acids is 2. The molecule has 2 amide bonds. The van der Waals surface area contributed by atoms with E-state index in [1.807, 2.05) is 0 Å². The molecule has 7 heteroatoms. The minimum Gasteiger partial charge on any atom is -0.486 e. The van der Waals surface area contributed by atoms with Gasteiger partial charge in [-0.3, -0.25) is 9.59 Å². The summed E-state index contributed by atoms with van der Waals surface area (Å²) in [6.07, 6.45) is 0.168. The molecule has 1 saturated heterocycles. The molecular formula is C21H21FN2O4. The predicted octanol–water partition coefficient (Wildman–Crippen LogP) is 2.61. The van der Waals surface area contributed by atoms with E-state index in [0.717, 1.165) is 5.56 Å². The van der Waals surface area contributed by atoms with Gasteiger partial charge in [0, 0.05) is 38.3 Å². The molecule has 0 radical (unpaired) electrons. The smallest absolute Gasteiger partial charge is 0.228 e. The zero-order chi connectivity index (χ0) is 19.7. The van der Waals surface area contributed by atoms with E-state index in [4.69, 9.17) is 9.47 Å². The van der Waals surface area contributed by atoms with Gasteiger partial charge in [-0.25, -0.2) is 4.39 Å². The molecule has 0 aliphatic carbocycles. The van der Waals surface area contributed by atoms with Crippen molar-refractivity contribution in [2.75, 3.05) is 31.7 Å². The highest BCUT2D eigenvalue weighted by atomic mass is 19.1. The number of ether oxygens (including phenoxy) is 2. The van der Waals surface area contributed by atoms with E-state index in [2.05, 4.69) is 0 Å². The van der Waals surface area contributed by atoms with E-state index >= 15 is 0 Å². The first-order valence-corrected chi connectivity index (χ1v) is 9.20. The molecule has 0 bridgehead atoms. The molecule has 2 aromatic carbocycles. The van der Waals surface area contributed by atoms with E-state index < -0.39 is 5.92 Å². The minimum atomic E-state index is -0.411. The summed E-state index contributed by atoms with van der Waals surface area (Å²) in [4.78, 5) is 28.5. The lowest BCUT2D eigenvalue weighted by atomic mass is 10.1. The Morgan fingerprint density at radius 3 is 2.61 bits per heavy atom. The molecule has 2 aromatic rings. The third kappa shape index (κ3) is 3.65. The van der Waals surface area contributed by atoms with Gasteiger partial charge in [0.05, 0.1) is 5.92 Å². The van der Waals surface area contributed by atoms with Crippen molar-refractivity contribution in [1.29, 1.82) is 0 Å². The zero-order valence-corrected chi connectivity index (χ0v) is 15.6. The molecule has 4 rings (SSSR count). The van der Waals surface area contributed by atoms with Crippen molar-refractivity contribution in [3.05, 3.63) is 53.8 Å². The van der Waals surface area contributed by atoms with Crippen LogP contribution in [-0.4, -0.2) is 43.5 Å². The van der Waals surface area contributed by atoms with Crippen LogP contribution in [0.5, 0.6) is 11.5 Å². The first kappa shape index (κ1) is 18.3. The Labute approximate surface area is 162 Å². The third-order valence-electron chi connectivity index (χ3n) is 5.02. The number of amides is 2. The fraction of sp³-hybridized carbons (Fsp3) is 0.333. The molecule has 28 heavy (non-hydrogen) atoms. The topological polar surface area (TPSA) is 59.1 Å². The normalized spacial score (nSPS) is 18.3. The Morgan fingerprint density at radius 1 is 1.14 bits per heavy atom. The largest absolute Gasteiger partial charge is 0.486 e. The van der Waals surface area contributed by atoms with Crippen LogP contribution in [-0.2, 0) is 16.1 Å². The number of hydrogen-bond acceptors (Lipinski definition) is 4. The molecule has 0 unspecified atom stereocenters. The Balaban J connectivity index is 1.43. The summed E-state index contributed by atoms with van der Waals surface area (Å²) in [7, 11) is 1.70. The van der Waals surface area contributed by atoms with E-state index in [1.54, 1.807) is 47.2 Å². The van der Waals surface area contributed by atoms with Crippen molar-refractivity contribution < 1.29 is 23.5 Å². The average molecular weight is 384 g/mol. The second-order valence-electron chi connectivity index (χ2n) is 7.05. The molecule has 2 aliphatic rings. The average Bonchev–Trinajstić information content (AvgIpc) is 3.10. The van der Waals surface area contributed by atoms with E-state index in [9.17, 15) is 14.0 Å². The number of fused-ring (bicyclic) bond motifs is 1. The standard InChI is InChI=1S/C21H21FN2O4/c1-23(12-14-2-4-16(22)5-3-14)21(26)15-10-20(25)24(13-15)17-6-7-18-19(11-17)28-9-8-27-18/h2-7,11,15H,8-10,12-13H2,1H3/t15-/m1/s1. The molecule has 2 heterocycles. The number of nitrogens with zero attached hydrogens (tertiary/aromatic N) is 2. The summed E-state index contributed by atoms with van der Waals surface area (Å²) in [5.74, 6) is 0.358. The van der Waals surface area contributed by atoms with Gasteiger partial charge in [-0.2, -0.15) is 0 Å². The Morgan fingerprint density at radius 2 is 1.86 bits per heavy atom. The maximum Gasteiger partial charge on any atom is 0.228 e. The van der Waals surface area contributed by atoms with Crippen LogP contribution < -0.4 is 14.4 Å². The summed E-state index contributed by atoms with van der Waals surface area (Å²) in [6, 6.07) is 11.4. The van der Waals surface area contributed by atoms with Crippen LogP contribution in [0.3, 0.4) is 0 Å². The number of hydrogen-bond donors (Lipinski definition) is 0. The summed E-state index contributed by atoms with van der Waals surface area (Å²) >= 11 is 0. The molecule has 6 nitrogen and oxygen atoms in total. The van der Waals surface area contributed by atoms with Crippen molar-refractivity contribution in [2.24, 2.45) is 5.92 Å². The van der Waals surface area contributed by atoms with Crippen LogP contribution in [0.25, 0.3) is 0 Å². The van der Waals surface area contributed by atoms with E-state index in [0.29, 0.717) is 43.5 Å². The van der Waals surface area contributed by atoms with E-state index in [-0.39, 0.29) is 24.1 Å². The SMILES string of the molecule is CN(Cc1ccc(F)cc1)C(=O)[C@@H]1CC(=O)N(c2ccc3c(c2)OCCO3)C1. The molecule has 2 aliphatic heterocycles.